The van der Waals surface area contributed by atoms with E-state index < -0.39 is 5.54 Å². The molecule has 1 aromatic rings. The van der Waals surface area contributed by atoms with Gasteiger partial charge in [0.25, 0.3) is 0 Å². The number of aliphatic hydroxyl groups excluding tert-OH is 1. The molecule has 3 heteroatoms. The van der Waals surface area contributed by atoms with Crippen molar-refractivity contribution in [2.45, 2.75) is 77.7 Å². The molecule has 0 amide bonds. The molecule has 1 aliphatic rings. The van der Waals surface area contributed by atoms with Gasteiger partial charge >= 0.3 is 0 Å². The summed E-state index contributed by atoms with van der Waals surface area (Å²) in [5.41, 5.74) is 7.23. The monoisotopic (exact) mass is 361 g/mol. The number of hydrogen-bond donors (Lipinski definition) is 2. The Balaban J connectivity index is 1.70. The Hall–Kier alpha value is -1.06. The third kappa shape index (κ3) is 8.09. The standard InChI is InChI=1S/C23H39NO2/c1-18(2)5-4-6-19(3)16-26-22-11-9-20(10-12-22)13-14-23(24,17-25)15-21-7-8-21/h9-12,18-19,21,25H,4-8,13-17,24H2,1-3H3/t19?,23-/m0/s1. The molecular weight excluding hydrogens is 322 g/mol. The zero-order chi connectivity index (χ0) is 19.0. The van der Waals surface area contributed by atoms with Crippen LogP contribution in [0.5, 0.6) is 5.75 Å². The van der Waals surface area contributed by atoms with Crippen LogP contribution in [0.2, 0.25) is 0 Å². The highest BCUT2D eigenvalue weighted by atomic mass is 16.5. The summed E-state index contributed by atoms with van der Waals surface area (Å²) in [6.07, 6.45) is 9.09. The summed E-state index contributed by atoms with van der Waals surface area (Å²) in [5.74, 6) is 3.07. The smallest absolute Gasteiger partial charge is 0.119 e. The maximum atomic E-state index is 9.65. The van der Waals surface area contributed by atoms with E-state index in [9.17, 15) is 5.11 Å². The van der Waals surface area contributed by atoms with Crippen molar-refractivity contribution < 1.29 is 9.84 Å². The highest BCUT2D eigenvalue weighted by Crippen LogP contribution is 2.37. The minimum absolute atomic E-state index is 0.0827. The predicted octanol–water partition coefficient (Wildman–Crippen LogP) is 4.95. The zero-order valence-electron chi connectivity index (χ0n) is 17.0. The quantitative estimate of drug-likeness (QED) is 0.522. The van der Waals surface area contributed by atoms with Gasteiger partial charge in [-0.15, -0.1) is 0 Å². The lowest BCUT2D eigenvalue weighted by Crippen LogP contribution is -2.44. The van der Waals surface area contributed by atoms with E-state index in [-0.39, 0.29) is 6.61 Å². The molecule has 0 heterocycles. The number of nitrogens with two attached hydrogens (primary N) is 1. The number of aliphatic hydroxyl groups is 1. The summed E-state index contributed by atoms with van der Waals surface area (Å²) in [7, 11) is 0. The second kappa shape index (κ2) is 10.3. The lowest BCUT2D eigenvalue weighted by molar-refractivity contribution is 0.172. The van der Waals surface area contributed by atoms with Gasteiger partial charge in [-0.25, -0.2) is 0 Å². The fraction of sp³-hybridized carbons (Fsp3) is 0.739. The van der Waals surface area contributed by atoms with Gasteiger partial charge in [0.15, 0.2) is 0 Å². The van der Waals surface area contributed by atoms with Crippen molar-refractivity contribution in [1.82, 2.24) is 0 Å². The first-order valence-corrected chi connectivity index (χ1v) is 10.5. The molecule has 2 rings (SSSR count). The van der Waals surface area contributed by atoms with Gasteiger partial charge in [-0.05, 0) is 61.1 Å². The second-order valence-corrected chi connectivity index (χ2v) is 9.05. The normalized spacial score (nSPS) is 17.9. The third-order valence-electron chi connectivity index (χ3n) is 5.55. The van der Waals surface area contributed by atoms with Crippen molar-refractivity contribution >= 4 is 0 Å². The molecule has 0 aliphatic heterocycles. The van der Waals surface area contributed by atoms with E-state index in [0.717, 1.165) is 43.5 Å². The SMILES string of the molecule is CC(C)CCCC(C)COc1ccc(CC[C@@](N)(CO)CC2CC2)cc1. The average Bonchev–Trinajstić information content (AvgIpc) is 3.42. The third-order valence-corrected chi connectivity index (χ3v) is 5.55. The molecule has 0 saturated heterocycles. The molecule has 0 radical (unpaired) electrons. The van der Waals surface area contributed by atoms with E-state index in [4.69, 9.17) is 10.5 Å². The predicted molar refractivity (Wildman–Crippen MR) is 109 cm³/mol. The Labute approximate surface area is 160 Å². The van der Waals surface area contributed by atoms with Gasteiger partial charge in [0.05, 0.1) is 13.2 Å². The van der Waals surface area contributed by atoms with E-state index in [1.165, 1.54) is 37.7 Å². The Morgan fingerprint density at radius 1 is 1.15 bits per heavy atom. The molecule has 2 atom stereocenters. The van der Waals surface area contributed by atoms with Crippen molar-refractivity contribution in [2.24, 2.45) is 23.5 Å². The Kier molecular flexibility index (Phi) is 8.43. The number of ether oxygens (including phenoxy) is 1. The van der Waals surface area contributed by atoms with Gasteiger partial charge in [0, 0.05) is 5.54 Å². The van der Waals surface area contributed by atoms with Crippen molar-refractivity contribution in [1.29, 1.82) is 0 Å². The van der Waals surface area contributed by atoms with E-state index in [2.05, 4.69) is 45.0 Å². The molecule has 148 valence electrons. The zero-order valence-corrected chi connectivity index (χ0v) is 17.0. The summed E-state index contributed by atoms with van der Waals surface area (Å²) >= 11 is 0. The Morgan fingerprint density at radius 3 is 2.42 bits per heavy atom. The topological polar surface area (TPSA) is 55.5 Å². The molecule has 3 N–H and O–H groups in total. The number of rotatable bonds is 13. The van der Waals surface area contributed by atoms with E-state index in [1.54, 1.807) is 0 Å². The van der Waals surface area contributed by atoms with E-state index >= 15 is 0 Å². The number of hydrogen-bond acceptors (Lipinski definition) is 3. The maximum Gasteiger partial charge on any atom is 0.119 e. The molecule has 1 aromatic carbocycles. The van der Waals surface area contributed by atoms with Gasteiger partial charge in [-0.3, -0.25) is 0 Å². The van der Waals surface area contributed by atoms with Crippen molar-refractivity contribution in [3.63, 3.8) is 0 Å². The Bertz CT molecular complexity index is 509. The maximum absolute atomic E-state index is 9.65. The van der Waals surface area contributed by atoms with Crippen LogP contribution in [0, 0.1) is 17.8 Å². The summed E-state index contributed by atoms with van der Waals surface area (Å²) in [6.45, 7) is 7.70. The van der Waals surface area contributed by atoms with Crippen LogP contribution in [-0.4, -0.2) is 23.9 Å². The van der Waals surface area contributed by atoms with Gasteiger partial charge in [-0.1, -0.05) is 58.6 Å². The first-order chi connectivity index (χ1) is 12.4. The highest BCUT2D eigenvalue weighted by molar-refractivity contribution is 5.27. The van der Waals surface area contributed by atoms with Crippen molar-refractivity contribution in [2.75, 3.05) is 13.2 Å². The van der Waals surface area contributed by atoms with Gasteiger partial charge < -0.3 is 15.6 Å². The molecule has 1 saturated carbocycles. The first kappa shape index (κ1) is 21.2. The van der Waals surface area contributed by atoms with Crippen LogP contribution in [0.3, 0.4) is 0 Å². The lowest BCUT2D eigenvalue weighted by Gasteiger charge is -2.27. The van der Waals surface area contributed by atoms with Crippen LogP contribution in [0.25, 0.3) is 0 Å². The summed E-state index contributed by atoms with van der Waals surface area (Å²) in [4.78, 5) is 0. The Morgan fingerprint density at radius 2 is 1.85 bits per heavy atom. The molecule has 26 heavy (non-hydrogen) atoms. The molecule has 1 aliphatic carbocycles. The van der Waals surface area contributed by atoms with Crippen LogP contribution >= 0.6 is 0 Å². The molecule has 0 aromatic heterocycles. The van der Waals surface area contributed by atoms with E-state index in [1.807, 2.05) is 0 Å². The van der Waals surface area contributed by atoms with Crippen LogP contribution in [-0.2, 0) is 6.42 Å². The fourth-order valence-electron chi connectivity index (χ4n) is 3.48. The molecule has 3 nitrogen and oxygen atoms in total. The minimum Gasteiger partial charge on any atom is -0.493 e. The molecular formula is C23H39NO2. The number of benzene rings is 1. The van der Waals surface area contributed by atoms with Gasteiger partial charge in [0.1, 0.15) is 5.75 Å². The van der Waals surface area contributed by atoms with Crippen LogP contribution in [0.4, 0.5) is 0 Å². The largest absolute Gasteiger partial charge is 0.493 e. The van der Waals surface area contributed by atoms with E-state index in [0.29, 0.717) is 5.92 Å². The molecule has 0 bridgehead atoms. The van der Waals surface area contributed by atoms with Crippen molar-refractivity contribution in [3.05, 3.63) is 29.8 Å². The first-order valence-electron chi connectivity index (χ1n) is 10.5. The van der Waals surface area contributed by atoms with Crippen LogP contribution in [0.15, 0.2) is 24.3 Å². The molecule has 1 fully saturated rings. The minimum atomic E-state index is -0.415. The lowest BCUT2D eigenvalue weighted by atomic mass is 9.88. The highest BCUT2D eigenvalue weighted by Gasteiger charge is 2.33. The number of aryl methyl sites for hydroxylation is 1. The molecule has 0 spiro atoms. The fourth-order valence-corrected chi connectivity index (χ4v) is 3.48. The summed E-state index contributed by atoms with van der Waals surface area (Å²) in [6, 6.07) is 8.39. The second-order valence-electron chi connectivity index (χ2n) is 9.05. The van der Waals surface area contributed by atoms with Gasteiger partial charge in [-0.2, -0.15) is 0 Å². The summed E-state index contributed by atoms with van der Waals surface area (Å²) < 4.78 is 5.94. The van der Waals surface area contributed by atoms with Crippen molar-refractivity contribution in [3.8, 4) is 5.75 Å². The van der Waals surface area contributed by atoms with Crippen LogP contribution in [0.1, 0.15) is 71.3 Å². The average molecular weight is 362 g/mol. The summed E-state index contributed by atoms with van der Waals surface area (Å²) in [5, 5.41) is 9.65. The molecule has 1 unspecified atom stereocenters. The van der Waals surface area contributed by atoms with Crippen LogP contribution < -0.4 is 10.5 Å². The van der Waals surface area contributed by atoms with Gasteiger partial charge in [0.2, 0.25) is 0 Å².